The summed E-state index contributed by atoms with van der Waals surface area (Å²) in [5.41, 5.74) is -4.69. The summed E-state index contributed by atoms with van der Waals surface area (Å²) >= 11 is 0. The van der Waals surface area contributed by atoms with Crippen molar-refractivity contribution in [2.45, 2.75) is 89.2 Å². The van der Waals surface area contributed by atoms with Crippen LogP contribution < -0.4 is 0 Å². The maximum atomic E-state index is 17.5. The number of alkyl halides is 1. The molecule has 11 nitrogen and oxygen atoms in total. The van der Waals surface area contributed by atoms with Crippen LogP contribution in [0.5, 0.6) is 0 Å². The highest BCUT2D eigenvalue weighted by Crippen LogP contribution is 2.71. The summed E-state index contributed by atoms with van der Waals surface area (Å²) < 4.78 is 35.7. The molecule has 0 bridgehead atoms. The molecular weight excluding hydrogens is 577 g/mol. The first-order chi connectivity index (χ1) is 20.6. The molecule has 0 radical (unpaired) electrons. The SMILES string of the molecule is CC1(C)O[C@@H]2C[C@H]3C4CC=C5CC(=O)C=C[C@]5(C)[C@@]4(F)[C@@H](O)C[C@]3(C)[C@]2(C(=O)COC(=O)c2ccc(CO[N+](=O)[O-])cc2)O1. The largest absolute Gasteiger partial charge is 0.454 e. The second-order valence-corrected chi connectivity index (χ2v) is 13.5. The summed E-state index contributed by atoms with van der Waals surface area (Å²) in [7, 11) is 0. The van der Waals surface area contributed by atoms with Gasteiger partial charge in [0.15, 0.2) is 29.4 Å². The predicted octanol–water partition coefficient (Wildman–Crippen LogP) is 3.99. The maximum Gasteiger partial charge on any atom is 0.338 e. The molecule has 8 atom stereocenters. The van der Waals surface area contributed by atoms with Gasteiger partial charge in [0.05, 0.1) is 17.8 Å². The van der Waals surface area contributed by atoms with Gasteiger partial charge in [0.25, 0.3) is 5.09 Å². The lowest BCUT2D eigenvalue weighted by Crippen LogP contribution is -2.69. The monoisotopic (exact) mass is 613 g/mol. The summed E-state index contributed by atoms with van der Waals surface area (Å²) in [5, 5.41) is 21.2. The molecule has 1 saturated heterocycles. The van der Waals surface area contributed by atoms with Crippen molar-refractivity contribution in [1.82, 2.24) is 0 Å². The number of hydrogen-bond donors (Lipinski definition) is 1. The average molecular weight is 614 g/mol. The topological polar surface area (TPSA) is 152 Å². The molecule has 1 heterocycles. The van der Waals surface area contributed by atoms with Crippen LogP contribution in [0.1, 0.15) is 69.3 Å². The number of fused-ring (bicyclic) bond motifs is 7. The van der Waals surface area contributed by atoms with E-state index in [4.69, 9.17) is 14.2 Å². The molecule has 0 spiro atoms. The molecule has 1 aromatic rings. The van der Waals surface area contributed by atoms with Crippen LogP contribution in [-0.2, 0) is 35.2 Å². The van der Waals surface area contributed by atoms with E-state index in [-0.39, 0.29) is 37.2 Å². The van der Waals surface area contributed by atoms with E-state index < -0.39 is 75.4 Å². The molecule has 1 N–H and O–H groups in total. The zero-order chi connectivity index (χ0) is 31.9. The third-order valence-corrected chi connectivity index (χ3v) is 10.9. The Kier molecular flexibility index (Phi) is 6.95. The molecule has 236 valence electrons. The van der Waals surface area contributed by atoms with Crippen molar-refractivity contribution < 1.29 is 48.0 Å². The lowest BCUT2D eigenvalue weighted by Gasteiger charge is -2.62. The van der Waals surface area contributed by atoms with Crippen LogP contribution in [0, 0.1) is 32.8 Å². The van der Waals surface area contributed by atoms with Crippen molar-refractivity contribution in [2.24, 2.45) is 22.7 Å². The predicted molar refractivity (Wildman–Crippen MR) is 150 cm³/mol. The second kappa shape index (κ2) is 10.0. The molecule has 44 heavy (non-hydrogen) atoms. The minimum absolute atomic E-state index is 0.0986. The maximum absolute atomic E-state index is 17.5. The smallest absolute Gasteiger partial charge is 0.338 e. The van der Waals surface area contributed by atoms with E-state index in [9.17, 15) is 29.6 Å². The number of hydrogen-bond acceptors (Lipinski definition) is 10. The third kappa shape index (κ3) is 4.21. The van der Waals surface area contributed by atoms with Gasteiger partial charge >= 0.3 is 5.97 Å². The molecule has 5 aliphatic rings. The van der Waals surface area contributed by atoms with Gasteiger partial charge in [0.1, 0.15) is 6.61 Å². The number of halogens is 1. The lowest BCUT2D eigenvalue weighted by atomic mass is 9.45. The van der Waals surface area contributed by atoms with Crippen molar-refractivity contribution in [2.75, 3.05) is 6.61 Å². The van der Waals surface area contributed by atoms with Gasteiger partial charge in [-0.3, -0.25) is 9.59 Å². The van der Waals surface area contributed by atoms with Crippen molar-refractivity contribution in [1.29, 1.82) is 0 Å². The van der Waals surface area contributed by atoms with Crippen LogP contribution in [0.25, 0.3) is 0 Å². The first-order valence-electron chi connectivity index (χ1n) is 14.8. The average Bonchev–Trinajstić information content (AvgIpc) is 3.37. The first kappa shape index (κ1) is 30.5. The normalized spacial score (nSPS) is 39.8. The van der Waals surface area contributed by atoms with Crippen LogP contribution >= 0.6 is 0 Å². The van der Waals surface area contributed by atoms with E-state index in [2.05, 4.69) is 4.84 Å². The van der Waals surface area contributed by atoms with Gasteiger partial charge in [-0.2, -0.15) is 0 Å². The third-order valence-electron chi connectivity index (χ3n) is 10.9. The summed E-state index contributed by atoms with van der Waals surface area (Å²) in [6, 6.07) is 5.78. The fourth-order valence-corrected chi connectivity index (χ4v) is 8.90. The minimum Gasteiger partial charge on any atom is -0.454 e. The number of allylic oxidation sites excluding steroid dienone is 4. The van der Waals surface area contributed by atoms with Crippen LogP contribution in [0.4, 0.5) is 4.39 Å². The van der Waals surface area contributed by atoms with Gasteiger partial charge < -0.3 is 24.2 Å². The number of nitrogens with zero attached hydrogens (tertiary/aromatic N) is 1. The quantitative estimate of drug-likeness (QED) is 0.207. The Morgan fingerprint density at radius 2 is 1.86 bits per heavy atom. The van der Waals surface area contributed by atoms with Crippen molar-refractivity contribution >= 4 is 17.5 Å². The van der Waals surface area contributed by atoms with Crippen LogP contribution in [0.15, 0.2) is 48.1 Å². The molecule has 1 unspecified atom stereocenters. The van der Waals surface area contributed by atoms with Gasteiger partial charge in [0, 0.05) is 23.2 Å². The summed E-state index contributed by atoms with van der Waals surface area (Å²) in [6.07, 6.45) is 3.24. The van der Waals surface area contributed by atoms with Crippen molar-refractivity contribution in [3.63, 3.8) is 0 Å². The number of ketones is 2. The Hall–Kier alpha value is -3.48. The molecule has 0 aromatic heterocycles. The van der Waals surface area contributed by atoms with E-state index in [1.807, 2.05) is 13.0 Å². The van der Waals surface area contributed by atoms with Crippen molar-refractivity contribution in [3.8, 4) is 0 Å². The Morgan fingerprint density at radius 3 is 2.55 bits per heavy atom. The Labute approximate surface area is 253 Å². The van der Waals surface area contributed by atoms with Crippen LogP contribution in [0.3, 0.4) is 0 Å². The highest BCUT2D eigenvalue weighted by atomic mass is 19.1. The summed E-state index contributed by atoms with van der Waals surface area (Å²) in [6.45, 7) is 6.02. The van der Waals surface area contributed by atoms with E-state index in [1.54, 1.807) is 26.8 Å². The van der Waals surface area contributed by atoms with Gasteiger partial charge in [-0.15, -0.1) is 10.1 Å². The Morgan fingerprint density at radius 1 is 1.16 bits per heavy atom. The van der Waals surface area contributed by atoms with Crippen LogP contribution in [-0.4, -0.2) is 63.6 Å². The molecule has 3 fully saturated rings. The fourth-order valence-electron chi connectivity index (χ4n) is 8.90. The number of carbonyl (C=O) groups excluding carboxylic acids is 3. The molecule has 12 heteroatoms. The van der Waals surface area contributed by atoms with E-state index in [1.165, 1.54) is 30.3 Å². The number of Topliss-reactive ketones (excluding diaryl/α,β-unsaturated/α-hetero) is 1. The first-order valence-corrected chi connectivity index (χ1v) is 14.8. The van der Waals surface area contributed by atoms with E-state index in [0.717, 1.165) is 0 Å². The number of esters is 1. The minimum atomic E-state index is -2.08. The number of aliphatic hydroxyl groups is 1. The summed E-state index contributed by atoms with van der Waals surface area (Å²) in [5.74, 6) is -3.70. The molecular formula is C32H36FNO10. The summed E-state index contributed by atoms with van der Waals surface area (Å²) in [4.78, 5) is 54.0. The zero-order valence-electron chi connectivity index (χ0n) is 25.0. The Bertz CT molecular complexity index is 1490. The standard InChI is InChI=1S/C32H36FNO10/c1-28(2)43-26-14-23-22-10-9-20-13-21(35)11-12-29(20,3)31(22,33)24(36)15-30(23,4)32(26,44-28)25(37)17-41-27(38)19-7-5-18(6-8-19)16-42-34(39)40/h5-9,11-12,22-24,26,36H,10,13-17H2,1-4H3/t22?,23-,24-,26+,29-,30-,31-,32+/m0/s1. The molecule has 1 aromatic carbocycles. The zero-order valence-corrected chi connectivity index (χ0v) is 25.0. The molecule has 6 rings (SSSR count). The van der Waals surface area contributed by atoms with E-state index >= 15 is 4.39 Å². The van der Waals surface area contributed by atoms with Crippen molar-refractivity contribution in [3.05, 3.63) is 69.3 Å². The highest BCUT2D eigenvalue weighted by Gasteiger charge is 2.80. The molecule has 0 amide bonds. The second-order valence-electron chi connectivity index (χ2n) is 13.5. The lowest BCUT2D eigenvalue weighted by molar-refractivity contribution is -0.763. The van der Waals surface area contributed by atoms with E-state index in [0.29, 0.717) is 17.6 Å². The number of carbonyl (C=O) groups is 3. The number of aliphatic hydroxyl groups excluding tert-OH is 1. The fraction of sp³-hybridized carbons (Fsp3) is 0.594. The number of rotatable bonds is 7. The number of benzene rings is 1. The van der Waals surface area contributed by atoms with Gasteiger partial charge in [-0.1, -0.05) is 36.8 Å². The van der Waals surface area contributed by atoms with Crippen LogP contribution in [0.2, 0.25) is 0 Å². The Balaban J connectivity index is 1.27. The van der Waals surface area contributed by atoms with Gasteiger partial charge in [0.2, 0.25) is 5.78 Å². The molecule has 2 saturated carbocycles. The molecule has 4 aliphatic carbocycles. The number of ether oxygens (including phenoxy) is 3. The van der Waals surface area contributed by atoms with Gasteiger partial charge in [-0.25, -0.2) is 9.18 Å². The highest BCUT2D eigenvalue weighted by molar-refractivity contribution is 5.96. The molecule has 1 aliphatic heterocycles. The van der Waals surface area contributed by atoms with Gasteiger partial charge in [-0.05, 0) is 69.7 Å².